The van der Waals surface area contributed by atoms with E-state index in [-0.39, 0.29) is 5.79 Å². The van der Waals surface area contributed by atoms with Crippen LogP contribution in [0.15, 0.2) is 0 Å². The van der Waals surface area contributed by atoms with Crippen molar-refractivity contribution >= 4 is 0 Å². The largest absolute Gasteiger partial charge is 0.350 e. The predicted molar refractivity (Wildman–Crippen MR) is 107 cm³/mol. The van der Waals surface area contributed by atoms with Crippen LogP contribution in [0.1, 0.15) is 118 Å². The van der Waals surface area contributed by atoms with Gasteiger partial charge in [0.2, 0.25) is 0 Å². The predicted octanol–water partition coefficient (Wildman–Crippen LogP) is 7.50. The summed E-state index contributed by atoms with van der Waals surface area (Å²) < 4.78 is 12.8. The van der Waals surface area contributed by atoms with Crippen molar-refractivity contribution in [2.24, 2.45) is 5.92 Å². The Balaban J connectivity index is 4.72. The molecule has 0 N–H and O–H groups in total. The van der Waals surface area contributed by atoms with Gasteiger partial charge in [0.05, 0.1) is 0 Å². The molecule has 0 amide bonds. The molecule has 0 aromatic carbocycles. The summed E-state index contributed by atoms with van der Waals surface area (Å²) in [6.45, 7) is 12.9. The molecule has 0 spiro atoms. The van der Waals surface area contributed by atoms with Gasteiger partial charge in [-0.15, -0.1) is 0 Å². The van der Waals surface area contributed by atoms with Gasteiger partial charge < -0.3 is 9.47 Å². The molecule has 24 heavy (non-hydrogen) atoms. The molecular formula is C22H46O2. The molecular weight excluding hydrogens is 296 g/mol. The first kappa shape index (κ1) is 23.9. The van der Waals surface area contributed by atoms with Crippen LogP contribution in [-0.4, -0.2) is 19.0 Å². The Morgan fingerprint density at radius 1 is 0.625 bits per heavy atom. The quantitative estimate of drug-likeness (QED) is 0.189. The number of unbranched alkanes of at least 4 members (excludes halogenated alkanes) is 6. The number of hydrogen-bond acceptors (Lipinski definition) is 2. The van der Waals surface area contributed by atoms with E-state index in [1.807, 2.05) is 0 Å². The summed E-state index contributed by atoms with van der Waals surface area (Å²) in [5.41, 5.74) is 0. The Kier molecular flexibility index (Phi) is 16.3. The first-order chi connectivity index (χ1) is 11.7. The average Bonchev–Trinajstić information content (AvgIpc) is 2.61. The van der Waals surface area contributed by atoms with Gasteiger partial charge in [0.15, 0.2) is 5.79 Å². The standard InChI is InChI=1S/C22H46O2/c1-6-11-13-14-15-16-17-21(10-5)22(18-12-7-2,23-19-8-3)24-20-9-4/h21H,6-20H2,1-5H3. The van der Waals surface area contributed by atoms with Crippen LogP contribution in [0.2, 0.25) is 0 Å². The molecule has 0 saturated carbocycles. The van der Waals surface area contributed by atoms with Gasteiger partial charge >= 0.3 is 0 Å². The van der Waals surface area contributed by atoms with Gasteiger partial charge in [0, 0.05) is 25.6 Å². The van der Waals surface area contributed by atoms with Crippen LogP contribution in [0, 0.1) is 5.92 Å². The summed E-state index contributed by atoms with van der Waals surface area (Å²) in [7, 11) is 0. The zero-order chi connectivity index (χ0) is 18.1. The number of ether oxygens (including phenoxy) is 2. The van der Waals surface area contributed by atoms with Gasteiger partial charge in [-0.2, -0.15) is 0 Å². The SMILES string of the molecule is CCCCCCCCC(CC)C(CCCC)(OCCC)OCCC. The zero-order valence-electron chi connectivity index (χ0n) is 17.5. The van der Waals surface area contributed by atoms with Gasteiger partial charge in [0.25, 0.3) is 0 Å². The molecule has 0 aliphatic carbocycles. The fourth-order valence-electron chi connectivity index (χ4n) is 3.50. The number of rotatable bonds is 18. The lowest BCUT2D eigenvalue weighted by atomic mass is 9.86. The molecule has 0 rings (SSSR count). The van der Waals surface area contributed by atoms with Crippen molar-refractivity contribution in [3.05, 3.63) is 0 Å². The van der Waals surface area contributed by atoms with Gasteiger partial charge in [-0.25, -0.2) is 0 Å². The maximum Gasteiger partial charge on any atom is 0.171 e. The molecule has 0 heterocycles. The second-order valence-corrected chi connectivity index (χ2v) is 7.27. The number of hydrogen-bond donors (Lipinski definition) is 0. The van der Waals surface area contributed by atoms with Crippen LogP contribution >= 0.6 is 0 Å². The lowest BCUT2D eigenvalue weighted by Crippen LogP contribution is -2.44. The molecule has 0 bridgehead atoms. The Bertz CT molecular complexity index is 231. The smallest absolute Gasteiger partial charge is 0.171 e. The van der Waals surface area contributed by atoms with Gasteiger partial charge in [0.1, 0.15) is 0 Å². The van der Waals surface area contributed by atoms with Crippen LogP contribution in [0.4, 0.5) is 0 Å². The van der Waals surface area contributed by atoms with Crippen LogP contribution in [0.5, 0.6) is 0 Å². The highest BCUT2D eigenvalue weighted by Crippen LogP contribution is 2.36. The summed E-state index contributed by atoms with van der Waals surface area (Å²) >= 11 is 0. The molecule has 0 aliphatic rings. The van der Waals surface area contributed by atoms with Crippen molar-refractivity contribution in [2.75, 3.05) is 13.2 Å². The monoisotopic (exact) mass is 342 g/mol. The third-order valence-corrected chi connectivity index (χ3v) is 5.00. The summed E-state index contributed by atoms with van der Waals surface area (Å²) in [4.78, 5) is 0. The molecule has 0 aromatic heterocycles. The highest BCUT2D eigenvalue weighted by Gasteiger charge is 2.38. The van der Waals surface area contributed by atoms with E-state index in [0.29, 0.717) is 5.92 Å². The normalized spacial score (nSPS) is 13.4. The van der Waals surface area contributed by atoms with E-state index < -0.39 is 0 Å². The van der Waals surface area contributed by atoms with E-state index >= 15 is 0 Å². The van der Waals surface area contributed by atoms with Crippen molar-refractivity contribution in [3.63, 3.8) is 0 Å². The highest BCUT2D eigenvalue weighted by molar-refractivity contribution is 4.80. The maximum atomic E-state index is 6.41. The molecule has 0 aromatic rings. The van der Waals surface area contributed by atoms with E-state index in [4.69, 9.17) is 9.47 Å². The molecule has 0 fully saturated rings. The van der Waals surface area contributed by atoms with E-state index in [1.165, 1.54) is 57.8 Å². The molecule has 1 atom stereocenters. The van der Waals surface area contributed by atoms with Crippen molar-refractivity contribution < 1.29 is 9.47 Å². The molecule has 0 aliphatic heterocycles. The average molecular weight is 343 g/mol. The van der Waals surface area contributed by atoms with Crippen LogP contribution in [0.25, 0.3) is 0 Å². The Hall–Kier alpha value is -0.0800. The fraction of sp³-hybridized carbons (Fsp3) is 1.00. The van der Waals surface area contributed by atoms with Crippen LogP contribution in [0.3, 0.4) is 0 Å². The van der Waals surface area contributed by atoms with E-state index in [9.17, 15) is 0 Å². The molecule has 146 valence electrons. The Morgan fingerprint density at radius 2 is 1.17 bits per heavy atom. The second kappa shape index (κ2) is 16.4. The Morgan fingerprint density at radius 3 is 1.67 bits per heavy atom. The highest BCUT2D eigenvalue weighted by atomic mass is 16.7. The lowest BCUT2D eigenvalue weighted by molar-refractivity contribution is -0.274. The molecule has 0 saturated heterocycles. The van der Waals surface area contributed by atoms with Crippen molar-refractivity contribution in [2.45, 2.75) is 124 Å². The summed E-state index contributed by atoms with van der Waals surface area (Å²) in [5.74, 6) is 0.202. The first-order valence-electron chi connectivity index (χ1n) is 11.0. The van der Waals surface area contributed by atoms with Crippen molar-refractivity contribution in [1.29, 1.82) is 0 Å². The Labute approximate surface area is 153 Å². The summed E-state index contributed by atoms with van der Waals surface area (Å²) in [6.07, 6.45) is 16.2. The van der Waals surface area contributed by atoms with E-state index in [0.717, 1.165) is 38.9 Å². The van der Waals surface area contributed by atoms with E-state index in [2.05, 4.69) is 34.6 Å². The van der Waals surface area contributed by atoms with Crippen LogP contribution < -0.4 is 0 Å². The third-order valence-electron chi connectivity index (χ3n) is 5.00. The van der Waals surface area contributed by atoms with E-state index in [1.54, 1.807) is 0 Å². The minimum absolute atomic E-state index is 0.333. The molecule has 0 radical (unpaired) electrons. The summed E-state index contributed by atoms with van der Waals surface area (Å²) in [6, 6.07) is 0. The topological polar surface area (TPSA) is 18.5 Å². The minimum atomic E-state index is -0.333. The zero-order valence-corrected chi connectivity index (χ0v) is 17.5. The van der Waals surface area contributed by atoms with Gasteiger partial charge in [-0.3, -0.25) is 0 Å². The maximum absolute atomic E-state index is 6.41. The lowest BCUT2D eigenvalue weighted by Gasteiger charge is -2.40. The van der Waals surface area contributed by atoms with Gasteiger partial charge in [-0.1, -0.05) is 79.6 Å². The van der Waals surface area contributed by atoms with Crippen LogP contribution in [-0.2, 0) is 9.47 Å². The molecule has 2 heteroatoms. The first-order valence-corrected chi connectivity index (χ1v) is 11.0. The fourth-order valence-corrected chi connectivity index (χ4v) is 3.50. The molecule has 2 nitrogen and oxygen atoms in total. The minimum Gasteiger partial charge on any atom is -0.350 e. The molecule has 1 unspecified atom stereocenters. The second-order valence-electron chi connectivity index (χ2n) is 7.27. The third kappa shape index (κ3) is 10.0. The van der Waals surface area contributed by atoms with Gasteiger partial charge in [-0.05, 0) is 32.1 Å². The summed E-state index contributed by atoms with van der Waals surface area (Å²) in [5, 5.41) is 0. The van der Waals surface area contributed by atoms with Crippen molar-refractivity contribution in [3.8, 4) is 0 Å². The van der Waals surface area contributed by atoms with Crippen molar-refractivity contribution in [1.82, 2.24) is 0 Å².